The Hall–Kier alpha value is -0.590. The average molecular weight is 336 g/mol. The lowest BCUT2D eigenvalue weighted by Gasteiger charge is -2.27. The van der Waals surface area contributed by atoms with Crippen LogP contribution >= 0.6 is 11.6 Å². The monoisotopic (exact) mass is 335 g/mol. The molecule has 3 unspecified atom stereocenters. The Labute approximate surface area is 127 Å². The molecular formula is C13H18ClNO3S2. The van der Waals surface area contributed by atoms with E-state index in [0.717, 1.165) is 12.8 Å². The Morgan fingerprint density at radius 3 is 2.65 bits per heavy atom. The Kier molecular flexibility index (Phi) is 4.76. The van der Waals surface area contributed by atoms with Crippen LogP contribution in [0.5, 0.6) is 0 Å². The molecule has 1 aliphatic carbocycles. The van der Waals surface area contributed by atoms with Crippen LogP contribution < -0.4 is 5.73 Å². The van der Waals surface area contributed by atoms with Crippen molar-refractivity contribution in [1.82, 2.24) is 0 Å². The Bertz CT molecular complexity index is 631. The van der Waals surface area contributed by atoms with Gasteiger partial charge in [0.1, 0.15) is 9.84 Å². The summed E-state index contributed by atoms with van der Waals surface area (Å²) < 4.78 is 35.9. The lowest BCUT2D eigenvalue weighted by Crippen LogP contribution is -2.32. The normalized spacial score (nSPS) is 25.3. The van der Waals surface area contributed by atoms with E-state index < -0.39 is 25.9 Å². The highest BCUT2D eigenvalue weighted by atomic mass is 35.5. The number of nitrogen functional groups attached to an aromatic ring is 1. The first-order valence-electron chi connectivity index (χ1n) is 6.43. The van der Waals surface area contributed by atoms with Crippen LogP contribution in [0.25, 0.3) is 0 Å². The van der Waals surface area contributed by atoms with Crippen LogP contribution in [0.15, 0.2) is 23.1 Å². The first-order valence-corrected chi connectivity index (χ1v) is 9.98. The molecule has 112 valence electrons. The highest BCUT2D eigenvalue weighted by Crippen LogP contribution is 2.32. The van der Waals surface area contributed by atoms with Gasteiger partial charge in [-0.1, -0.05) is 18.0 Å². The summed E-state index contributed by atoms with van der Waals surface area (Å²) >= 11 is 6.08. The first kappa shape index (κ1) is 15.8. The van der Waals surface area contributed by atoms with E-state index in [9.17, 15) is 12.6 Å². The summed E-state index contributed by atoms with van der Waals surface area (Å²) in [5, 5.41) is -0.174. The number of anilines is 1. The van der Waals surface area contributed by atoms with Gasteiger partial charge in [-0.25, -0.2) is 8.42 Å². The van der Waals surface area contributed by atoms with E-state index in [-0.39, 0.29) is 5.25 Å². The van der Waals surface area contributed by atoms with Crippen molar-refractivity contribution in [2.75, 3.05) is 12.0 Å². The van der Waals surface area contributed by atoms with Crippen LogP contribution in [0.4, 0.5) is 5.69 Å². The van der Waals surface area contributed by atoms with E-state index in [1.165, 1.54) is 6.26 Å². The molecule has 1 saturated carbocycles. The van der Waals surface area contributed by atoms with Gasteiger partial charge in [0.15, 0.2) is 0 Å². The summed E-state index contributed by atoms with van der Waals surface area (Å²) in [4.78, 5) is 0.542. The van der Waals surface area contributed by atoms with Gasteiger partial charge in [-0.2, -0.15) is 0 Å². The van der Waals surface area contributed by atoms with Crippen molar-refractivity contribution in [2.24, 2.45) is 0 Å². The predicted octanol–water partition coefficient (Wildman–Crippen LogP) is 2.39. The van der Waals surface area contributed by atoms with Gasteiger partial charge in [0.2, 0.25) is 0 Å². The maximum Gasteiger partial charge on any atom is 0.150 e. The standard InChI is InChI=1S/C13H18ClNO3S2/c1-20(17,18)11-4-2-3-10(8-11)19(16)13-6-5-9(15)7-12(13)14/h5-7,10-11H,2-4,8,15H2,1H3. The van der Waals surface area contributed by atoms with Gasteiger partial charge in [0, 0.05) is 17.2 Å². The van der Waals surface area contributed by atoms with E-state index in [2.05, 4.69) is 0 Å². The molecule has 0 aromatic heterocycles. The molecule has 1 aromatic rings. The van der Waals surface area contributed by atoms with Gasteiger partial charge in [0.05, 0.1) is 26.0 Å². The van der Waals surface area contributed by atoms with Gasteiger partial charge in [-0.3, -0.25) is 4.21 Å². The molecule has 1 aliphatic rings. The summed E-state index contributed by atoms with van der Waals surface area (Å²) in [5.41, 5.74) is 6.14. The quantitative estimate of drug-likeness (QED) is 0.860. The number of rotatable bonds is 3. The molecule has 0 aliphatic heterocycles. The summed E-state index contributed by atoms with van der Waals surface area (Å²) in [6.45, 7) is 0. The maximum atomic E-state index is 12.6. The smallest absolute Gasteiger partial charge is 0.150 e. The first-order chi connectivity index (χ1) is 9.29. The molecule has 0 saturated heterocycles. The molecule has 2 N–H and O–H groups in total. The predicted molar refractivity (Wildman–Crippen MR) is 83.2 cm³/mol. The average Bonchev–Trinajstić information content (AvgIpc) is 2.37. The summed E-state index contributed by atoms with van der Waals surface area (Å²) in [6.07, 6.45) is 3.88. The Morgan fingerprint density at radius 2 is 2.05 bits per heavy atom. The van der Waals surface area contributed by atoms with Crippen LogP contribution in [0.2, 0.25) is 5.02 Å². The summed E-state index contributed by atoms with van der Waals surface area (Å²) in [6, 6.07) is 4.90. The molecule has 7 heteroatoms. The number of benzene rings is 1. The van der Waals surface area contributed by atoms with Crippen LogP contribution in [0.3, 0.4) is 0 Å². The third-order valence-electron chi connectivity index (χ3n) is 3.66. The number of sulfone groups is 1. The molecule has 1 aromatic carbocycles. The number of nitrogens with two attached hydrogens (primary N) is 1. The molecule has 0 bridgehead atoms. The molecule has 0 spiro atoms. The van der Waals surface area contributed by atoms with Crippen molar-refractivity contribution in [2.45, 2.75) is 41.1 Å². The van der Waals surface area contributed by atoms with E-state index in [1.54, 1.807) is 18.2 Å². The fourth-order valence-electron chi connectivity index (χ4n) is 2.55. The Balaban J connectivity index is 2.21. The van der Waals surface area contributed by atoms with Gasteiger partial charge in [-0.15, -0.1) is 0 Å². The number of hydrogen-bond acceptors (Lipinski definition) is 4. The Morgan fingerprint density at radius 1 is 1.35 bits per heavy atom. The minimum absolute atomic E-state index is 0.162. The van der Waals surface area contributed by atoms with Crippen molar-refractivity contribution in [3.05, 3.63) is 23.2 Å². The van der Waals surface area contributed by atoms with Gasteiger partial charge < -0.3 is 5.73 Å². The molecular weight excluding hydrogens is 318 g/mol. The van der Waals surface area contributed by atoms with Gasteiger partial charge in [-0.05, 0) is 37.5 Å². The van der Waals surface area contributed by atoms with Crippen LogP contribution in [0.1, 0.15) is 25.7 Å². The summed E-state index contributed by atoms with van der Waals surface area (Å²) in [5.74, 6) is 0. The van der Waals surface area contributed by atoms with Crippen molar-refractivity contribution < 1.29 is 12.6 Å². The van der Waals surface area contributed by atoms with Crippen LogP contribution in [0, 0.1) is 0 Å². The number of halogens is 1. The minimum atomic E-state index is -3.08. The zero-order chi connectivity index (χ0) is 14.9. The number of hydrogen-bond donors (Lipinski definition) is 1. The van der Waals surface area contributed by atoms with Gasteiger partial charge >= 0.3 is 0 Å². The molecule has 4 nitrogen and oxygen atoms in total. The maximum absolute atomic E-state index is 12.6. The molecule has 2 rings (SSSR count). The molecule has 1 fully saturated rings. The molecule has 0 heterocycles. The zero-order valence-electron chi connectivity index (χ0n) is 11.2. The molecule has 20 heavy (non-hydrogen) atoms. The fourth-order valence-corrected chi connectivity index (χ4v) is 5.86. The zero-order valence-corrected chi connectivity index (χ0v) is 13.6. The van der Waals surface area contributed by atoms with Crippen LogP contribution in [-0.4, -0.2) is 29.4 Å². The fraction of sp³-hybridized carbons (Fsp3) is 0.538. The third kappa shape index (κ3) is 3.54. The van der Waals surface area contributed by atoms with E-state index in [1.807, 2.05) is 0 Å². The topological polar surface area (TPSA) is 77.2 Å². The second kappa shape index (κ2) is 6.03. The van der Waals surface area contributed by atoms with Crippen molar-refractivity contribution in [3.8, 4) is 0 Å². The largest absolute Gasteiger partial charge is 0.399 e. The highest BCUT2D eigenvalue weighted by molar-refractivity contribution is 7.91. The molecule has 0 radical (unpaired) electrons. The molecule has 0 amide bonds. The third-order valence-corrected chi connectivity index (χ3v) is 7.55. The van der Waals surface area contributed by atoms with E-state index >= 15 is 0 Å². The van der Waals surface area contributed by atoms with Crippen molar-refractivity contribution in [1.29, 1.82) is 0 Å². The minimum Gasteiger partial charge on any atom is -0.399 e. The van der Waals surface area contributed by atoms with Crippen molar-refractivity contribution in [3.63, 3.8) is 0 Å². The lowest BCUT2D eigenvalue weighted by atomic mass is 10.00. The van der Waals surface area contributed by atoms with E-state index in [4.69, 9.17) is 17.3 Å². The molecule has 3 atom stereocenters. The van der Waals surface area contributed by atoms with Crippen molar-refractivity contribution >= 4 is 37.9 Å². The second-order valence-corrected chi connectivity index (χ2v) is 9.66. The van der Waals surface area contributed by atoms with Gasteiger partial charge in [0.25, 0.3) is 0 Å². The van der Waals surface area contributed by atoms with E-state index in [0.29, 0.717) is 28.4 Å². The second-order valence-electron chi connectivity index (χ2n) is 5.23. The van der Waals surface area contributed by atoms with Crippen LogP contribution in [-0.2, 0) is 20.6 Å². The highest BCUT2D eigenvalue weighted by Gasteiger charge is 2.32. The summed E-state index contributed by atoms with van der Waals surface area (Å²) in [7, 11) is -4.38. The lowest BCUT2D eigenvalue weighted by molar-refractivity contribution is 0.487. The SMILES string of the molecule is CS(=O)(=O)C1CCCC(S(=O)c2ccc(N)cc2Cl)C1.